The van der Waals surface area contributed by atoms with E-state index in [1.807, 2.05) is 42.5 Å². The van der Waals surface area contributed by atoms with E-state index in [0.29, 0.717) is 24.3 Å². The van der Waals surface area contributed by atoms with Gasteiger partial charge >= 0.3 is 31.1 Å². The minimum Gasteiger partial charge on any atom is -0.523 e. The number of benzene rings is 3. The number of fused-ring (bicyclic) bond motifs is 1. The molecule has 39 heavy (non-hydrogen) atoms. The van der Waals surface area contributed by atoms with E-state index in [1.165, 1.54) is 12.1 Å². The molecule has 0 saturated heterocycles. The SMILES string of the molecule is COc1[c-]c2c(cc1)CN(C(=O)[C@@H](OC1CCCC1)c1ccccc1)C(CO)C2.[CH2-]c1ccc(Cl)c(F)c1.[U+2]. The summed E-state index contributed by atoms with van der Waals surface area (Å²) < 4.78 is 24.0. The molecule has 0 bridgehead atoms. The van der Waals surface area contributed by atoms with Crippen LogP contribution < -0.4 is 4.74 Å². The van der Waals surface area contributed by atoms with Gasteiger partial charge in [-0.05, 0) is 24.8 Å². The molecule has 2 aliphatic rings. The number of carbonyl (C=O) groups is 1. The summed E-state index contributed by atoms with van der Waals surface area (Å²) in [5, 5.41) is 10.2. The van der Waals surface area contributed by atoms with Gasteiger partial charge in [-0.2, -0.15) is 30.2 Å². The maximum atomic E-state index is 13.6. The summed E-state index contributed by atoms with van der Waals surface area (Å²) in [6.07, 6.45) is 4.32. The van der Waals surface area contributed by atoms with Gasteiger partial charge < -0.3 is 19.5 Å². The monoisotopic (exact) mass is 775 g/mol. The first kappa shape index (κ1) is 31.5. The fourth-order valence-electron chi connectivity index (χ4n) is 4.89. The Kier molecular flexibility index (Phi) is 12.2. The second-order valence-corrected chi connectivity index (χ2v) is 10.0. The molecule has 1 heterocycles. The van der Waals surface area contributed by atoms with E-state index < -0.39 is 11.9 Å². The number of halogens is 2. The maximum Gasteiger partial charge on any atom is 2.00 e. The van der Waals surface area contributed by atoms with Crippen molar-refractivity contribution in [3.8, 4) is 5.75 Å². The fourth-order valence-corrected chi connectivity index (χ4v) is 5.01. The maximum absolute atomic E-state index is 13.6. The molecule has 8 heteroatoms. The van der Waals surface area contributed by atoms with E-state index in [0.717, 1.165) is 42.4 Å². The number of rotatable bonds is 6. The van der Waals surface area contributed by atoms with E-state index >= 15 is 0 Å². The molecule has 1 fully saturated rings. The standard InChI is InChI=1S/C24H28NO4.C7H5ClF.U/c1-28-22-12-11-18-15-25(20(16-26)13-19(18)14-22)24(27)23(17-7-3-2-4-8-17)29-21-9-5-6-10-21;1-5-2-3-6(8)7(9)4-5;/h2-4,7-8,11-12,20-21,23,26H,5-6,9-10,13,15-16H2,1H3;2-4H,1H2;/q2*-1;+2/t20?,23-;;/m0../s1. The van der Waals surface area contributed by atoms with Crippen LogP contribution in [0.5, 0.6) is 5.75 Å². The van der Waals surface area contributed by atoms with Crippen molar-refractivity contribution in [3.05, 3.63) is 107 Å². The molecule has 0 aromatic heterocycles. The van der Waals surface area contributed by atoms with Gasteiger partial charge in [0.25, 0.3) is 5.91 Å². The number of hydrogen-bond acceptors (Lipinski definition) is 4. The van der Waals surface area contributed by atoms with Crippen LogP contribution in [0, 0.1) is 49.9 Å². The van der Waals surface area contributed by atoms with Gasteiger partial charge in [-0.15, -0.1) is 23.8 Å². The number of aliphatic hydroxyl groups is 1. The van der Waals surface area contributed by atoms with Gasteiger partial charge in [0.1, 0.15) is 0 Å². The zero-order valence-corrected chi connectivity index (χ0v) is 27.0. The summed E-state index contributed by atoms with van der Waals surface area (Å²) in [6.45, 7) is 3.87. The van der Waals surface area contributed by atoms with E-state index in [1.54, 1.807) is 18.1 Å². The number of aliphatic hydroxyl groups excluding tert-OH is 1. The smallest absolute Gasteiger partial charge is 0.523 e. The first-order valence-electron chi connectivity index (χ1n) is 12.9. The van der Waals surface area contributed by atoms with Gasteiger partial charge in [-0.3, -0.25) is 4.79 Å². The predicted molar refractivity (Wildman–Crippen MR) is 145 cm³/mol. The second-order valence-electron chi connectivity index (χ2n) is 9.62. The Morgan fingerprint density at radius 1 is 1.18 bits per heavy atom. The Hall–Kier alpha value is -2.01. The molecule has 0 radical (unpaired) electrons. The predicted octanol–water partition coefficient (Wildman–Crippen LogP) is 6.10. The topological polar surface area (TPSA) is 59.0 Å². The number of amides is 1. The van der Waals surface area contributed by atoms with E-state index in [4.69, 9.17) is 21.1 Å². The number of hydrogen-bond donors (Lipinski definition) is 1. The summed E-state index contributed by atoms with van der Waals surface area (Å²) in [4.78, 5) is 15.4. The van der Waals surface area contributed by atoms with Crippen molar-refractivity contribution in [3.63, 3.8) is 0 Å². The van der Waals surface area contributed by atoms with Gasteiger partial charge in [0.2, 0.25) is 0 Å². The molecule has 5 nitrogen and oxygen atoms in total. The number of carbonyl (C=O) groups excluding carboxylic acids is 1. The summed E-state index contributed by atoms with van der Waals surface area (Å²) in [6, 6.07) is 20.9. The third-order valence-electron chi connectivity index (χ3n) is 6.97. The molecule has 3 aromatic carbocycles. The zero-order valence-electron chi connectivity index (χ0n) is 22.0. The Bertz CT molecular complexity index is 1220. The minimum absolute atomic E-state index is 0. The molecule has 3 aromatic rings. The van der Waals surface area contributed by atoms with Crippen LogP contribution in [0.4, 0.5) is 4.39 Å². The van der Waals surface area contributed by atoms with Gasteiger partial charge in [-0.1, -0.05) is 60.8 Å². The van der Waals surface area contributed by atoms with Crippen LogP contribution >= 0.6 is 11.6 Å². The quantitative estimate of drug-likeness (QED) is 0.308. The van der Waals surface area contributed by atoms with Crippen LogP contribution in [0.3, 0.4) is 0 Å². The Labute approximate surface area is 259 Å². The van der Waals surface area contributed by atoms with Gasteiger partial charge in [0, 0.05) is 12.3 Å². The van der Waals surface area contributed by atoms with Gasteiger partial charge in [0.15, 0.2) is 6.10 Å². The molecule has 1 N–H and O–H groups in total. The first-order chi connectivity index (χ1) is 18.4. The van der Waals surface area contributed by atoms with E-state index in [9.17, 15) is 14.3 Å². The van der Waals surface area contributed by atoms with Gasteiger partial charge in [-0.25, -0.2) is 4.39 Å². The van der Waals surface area contributed by atoms with Crippen molar-refractivity contribution < 1.29 is 54.9 Å². The van der Waals surface area contributed by atoms with Crippen LogP contribution in [-0.4, -0.2) is 41.8 Å². The average Bonchev–Trinajstić information content (AvgIpc) is 3.46. The number of ether oxygens (including phenoxy) is 2. The van der Waals surface area contributed by atoms with E-state index in [2.05, 4.69) is 13.0 Å². The minimum atomic E-state index is -0.642. The third kappa shape index (κ3) is 8.25. The zero-order chi connectivity index (χ0) is 27.1. The molecular weight excluding hydrogens is 743 g/mol. The summed E-state index contributed by atoms with van der Waals surface area (Å²) in [7, 11) is 1.62. The second kappa shape index (κ2) is 15.1. The fraction of sp³-hybridized carbons (Fsp3) is 0.355. The molecule has 1 saturated carbocycles. The molecule has 1 aliphatic carbocycles. The Balaban J connectivity index is 0.000000359. The normalized spacial score (nSPS) is 17.3. The van der Waals surface area contributed by atoms with E-state index in [-0.39, 0.29) is 60.8 Å². The van der Waals surface area contributed by atoms with Crippen molar-refractivity contribution in [1.82, 2.24) is 4.90 Å². The first-order valence-corrected chi connectivity index (χ1v) is 13.2. The molecule has 1 unspecified atom stereocenters. The van der Waals surface area contributed by atoms with Crippen LogP contribution in [0.15, 0.2) is 60.7 Å². The van der Waals surface area contributed by atoms with Crippen LogP contribution in [-0.2, 0) is 22.5 Å². The average molecular weight is 776 g/mol. The van der Waals surface area contributed by atoms with Gasteiger partial charge in [0.05, 0.1) is 36.7 Å². The van der Waals surface area contributed by atoms with Crippen molar-refractivity contribution in [2.24, 2.45) is 0 Å². The molecule has 2 atom stereocenters. The summed E-state index contributed by atoms with van der Waals surface area (Å²) in [5.74, 6) is 0.180. The van der Waals surface area contributed by atoms with Crippen molar-refractivity contribution in [2.45, 2.75) is 56.9 Å². The third-order valence-corrected chi connectivity index (χ3v) is 7.28. The molecule has 1 amide bonds. The Morgan fingerprint density at radius 2 is 1.90 bits per heavy atom. The molecule has 1 aliphatic heterocycles. The van der Waals surface area contributed by atoms with Crippen LogP contribution in [0.1, 0.15) is 54.0 Å². The summed E-state index contributed by atoms with van der Waals surface area (Å²) >= 11 is 5.38. The molecule has 5 rings (SSSR count). The largest absolute Gasteiger partial charge is 2.00 e. The van der Waals surface area contributed by atoms with Crippen molar-refractivity contribution in [1.29, 1.82) is 0 Å². The van der Waals surface area contributed by atoms with Crippen molar-refractivity contribution >= 4 is 17.5 Å². The van der Waals surface area contributed by atoms with Crippen LogP contribution in [0.25, 0.3) is 0 Å². The molecule has 0 spiro atoms. The molecule has 204 valence electrons. The number of methoxy groups -OCH3 is 1. The number of nitrogens with zero attached hydrogens (tertiary/aromatic N) is 1. The Morgan fingerprint density at radius 3 is 2.51 bits per heavy atom. The van der Waals surface area contributed by atoms with Crippen molar-refractivity contribution in [2.75, 3.05) is 13.7 Å². The molecular formula is C31H33ClFNO4U. The summed E-state index contributed by atoms with van der Waals surface area (Å²) in [5.41, 5.74) is 3.54. The van der Waals surface area contributed by atoms with Crippen LogP contribution in [0.2, 0.25) is 5.02 Å².